The maximum absolute atomic E-state index is 10.5. The second-order valence-electron chi connectivity index (χ2n) is 5.28. The zero-order valence-corrected chi connectivity index (χ0v) is 11.9. The van der Waals surface area contributed by atoms with E-state index in [4.69, 9.17) is 0 Å². The van der Waals surface area contributed by atoms with E-state index in [9.17, 15) is 5.11 Å². The monoisotopic (exact) mass is 254 g/mol. The normalized spacial score (nSPS) is 12.7. The summed E-state index contributed by atoms with van der Waals surface area (Å²) in [7, 11) is 0. The van der Waals surface area contributed by atoms with E-state index in [0.717, 1.165) is 17.5 Å². The van der Waals surface area contributed by atoms with Crippen molar-refractivity contribution in [3.63, 3.8) is 0 Å². The molecule has 1 heteroatoms. The van der Waals surface area contributed by atoms with Crippen LogP contribution in [0.25, 0.3) is 0 Å². The van der Waals surface area contributed by atoms with Crippen molar-refractivity contribution in [2.24, 2.45) is 0 Å². The molecule has 1 unspecified atom stereocenters. The summed E-state index contributed by atoms with van der Waals surface area (Å²) in [5.41, 5.74) is 4.50. The molecule has 0 aliphatic heterocycles. The van der Waals surface area contributed by atoms with Crippen LogP contribution in [0.15, 0.2) is 48.5 Å². The summed E-state index contributed by atoms with van der Waals surface area (Å²) in [4.78, 5) is 0. The zero-order valence-electron chi connectivity index (χ0n) is 11.9. The molecule has 0 aliphatic rings. The number of rotatable bonds is 4. The van der Waals surface area contributed by atoms with E-state index in [2.05, 4.69) is 39.0 Å². The Morgan fingerprint density at radius 1 is 0.895 bits per heavy atom. The van der Waals surface area contributed by atoms with Gasteiger partial charge < -0.3 is 5.11 Å². The molecule has 19 heavy (non-hydrogen) atoms. The van der Waals surface area contributed by atoms with Gasteiger partial charge in [0.2, 0.25) is 0 Å². The van der Waals surface area contributed by atoms with Crippen molar-refractivity contribution in [3.8, 4) is 0 Å². The van der Waals surface area contributed by atoms with Crippen LogP contribution in [0.1, 0.15) is 55.0 Å². The van der Waals surface area contributed by atoms with Gasteiger partial charge in [0, 0.05) is 0 Å². The van der Waals surface area contributed by atoms with Crippen molar-refractivity contribution in [2.75, 3.05) is 0 Å². The lowest BCUT2D eigenvalue weighted by Gasteiger charge is -2.16. The fourth-order valence-electron chi connectivity index (χ4n) is 2.37. The maximum atomic E-state index is 10.5. The highest BCUT2D eigenvalue weighted by Crippen LogP contribution is 2.26. The van der Waals surface area contributed by atoms with Crippen LogP contribution in [0, 0.1) is 0 Å². The summed E-state index contributed by atoms with van der Waals surface area (Å²) < 4.78 is 0. The Labute approximate surface area is 115 Å². The van der Waals surface area contributed by atoms with Gasteiger partial charge >= 0.3 is 0 Å². The zero-order chi connectivity index (χ0) is 13.8. The molecule has 1 N–H and O–H groups in total. The predicted octanol–water partition coefficient (Wildman–Crippen LogP) is 4.45. The molecule has 1 nitrogen and oxygen atoms in total. The van der Waals surface area contributed by atoms with Gasteiger partial charge in [-0.25, -0.2) is 0 Å². The van der Waals surface area contributed by atoms with E-state index in [1.54, 1.807) is 0 Å². The van der Waals surface area contributed by atoms with Crippen molar-refractivity contribution in [1.82, 2.24) is 0 Å². The molecule has 2 rings (SSSR count). The first kappa shape index (κ1) is 13.8. The molecule has 0 bridgehead atoms. The summed E-state index contributed by atoms with van der Waals surface area (Å²) in [6.07, 6.45) is 0.412. The van der Waals surface area contributed by atoms with Gasteiger partial charge in [-0.15, -0.1) is 0 Å². The number of hydrogen-bond donors (Lipinski definition) is 1. The molecule has 0 amide bonds. The van der Waals surface area contributed by atoms with Crippen molar-refractivity contribution < 1.29 is 5.11 Å². The third-order valence-electron chi connectivity index (χ3n) is 3.65. The van der Waals surface area contributed by atoms with E-state index in [-0.39, 0.29) is 0 Å². The van der Waals surface area contributed by atoms with Gasteiger partial charge in [0.1, 0.15) is 6.10 Å². The first-order valence-electron chi connectivity index (χ1n) is 6.99. The summed E-state index contributed by atoms with van der Waals surface area (Å²) >= 11 is 0. The Kier molecular flexibility index (Phi) is 4.39. The lowest BCUT2D eigenvalue weighted by molar-refractivity contribution is 0.219. The highest BCUT2D eigenvalue weighted by molar-refractivity contribution is 5.37. The molecule has 2 aromatic carbocycles. The number of benzene rings is 2. The van der Waals surface area contributed by atoms with Crippen molar-refractivity contribution in [2.45, 2.75) is 39.2 Å². The Morgan fingerprint density at radius 2 is 1.47 bits per heavy atom. The van der Waals surface area contributed by atoms with Gasteiger partial charge in [-0.2, -0.15) is 0 Å². The Hall–Kier alpha value is -1.60. The molecular weight excluding hydrogens is 232 g/mol. The lowest BCUT2D eigenvalue weighted by atomic mass is 9.94. The molecular formula is C18H22O. The molecule has 0 heterocycles. The Balaban J connectivity index is 2.30. The van der Waals surface area contributed by atoms with E-state index in [0.29, 0.717) is 5.92 Å². The molecule has 0 radical (unpaired) electrons. The lowest BCUT2D eigenvalue weighted by Crippen LogP contribution is -2.03. The van der Waals surface area contributed by atoms with Crippen LogP contribution in [-0.4, -0.2) is 5.11 Å². The first-order chi connectivity index (χ1) is 9.13. The highest BCUT2D eigenvalue weighted by atomic mass is 16.3. The summed E-state index contributed by atoms with van der Waals surface area (Å²) in [6.45, 7) is 6.48. The largest absolute Gasteiger partial charge is 0.384 e. The Morgan fingerprint density at radius 3 is 2.05 bits per heavy atom. The van der Waals surface area contributed by atoms with Gasteiger partial charge in [-0.3, -0.25) is 0 Å². The van der Waals surface area contributed by atoms with E-state index < -0.39 is 6.10 Å². The van der Waals surface area contributed by atoms with Gasteiger partial charge in [-0.05, 0) is 34.6 Å². The van der Waals surface area contributed by atoms with Crippen LogP contribution in [0.4, 0.5) is 0 Å². The second-order valence-corrected chi connectivity index (χ2v) is 5.28. The van der Waals surface area contributed by atoms with Crippen molar-refractivity contribution in [1.29, 1.82) is 0 Å². The van der Waals surface area contributed by atoms with Crippen molar-refractivity contribution >= 4 is 0 Å². The number of aryl methyl sites for hydroxylation is 1. The van der Waals surface area contributed by atoms with Crippen LogP contribution < -0.4 is 0 Å². The average molecular weight is 254 g/mol. The number of aliphatic hydroxyl groups is 1. The molecule has 0 fully saturated rings. The fraction of sp³-hybridized carbons (Fsp3) is 0.333. The summed E-state index contributed by atoms with van der Waals surface area (Å²) in [5, 5.41) is 10.5. The van der Waals surface area contributed by atoms with E-state index in [1.165, 1.54) is 11.1 Å². The number of hydrogen-bond acceptors (Lipinski definition) is 1. The summed E-state index contributed by atoms with van der Waals surface area (Å²) in [6, 6.07) is 16.4. The van der Waals surface area contributed by atoms with E-state index in [1.807, 2.05) is 30.3 Å². The van der Waals surface area contributed by atoms with E-state index >= 15 is 0 Å². The first-order valence-corrected chi connectivity index (χ1v) is 6.99. The molecule has 100 valence electrons. The van der Waals surface area contributed by atoms with Crippen LogP contribution in [0.5, 0.6) is 0 Å². The van der Waals surface area contributed by atoms with Gasteiger partial charge in [0.25, 0.3) is 0 Å². The minimum atomic E-state index is -0.530. The quantitative estimate of drug-likeness (QED) is 0.854. The predicted molar refractivity (Wildman–Crippen MR) is 80.4 cm³/mol. The Bertz CT molecular complexity index is 526. The maximum Gasteiger partial charge on any atom is 0.104 e. The SMILES string of the molecule is CCc1ccccc1C(O)c1ccc(C(C)C)cc1. The van der Waals surface area contributed by atoms with Crippen LogP contribution in [-0.2, 0) is 6.42 Å². The fourth-order valence-corrected chi connectivity index (χ4v) is 2.37. The molecule has 1 atom stereocenters. The van der Waals surface area contributed by atoms with Gasteiger partial charge in [0.05, 0.1) is 0 Å². The smallest absolute Gasteiger partial charge is 0.104 e. The topological polar surface area (TPSA) is 20.2 Å². The van der Waals surface area contributed by atoms with Crippen LogP contribution in [0.3, 0.4) is 0 Å². The molecule has 0 saturated heterocycles. The minimum Gasteiger partial charge on any atom is -0.384 e. The third-order valence-corrected chi connectivity index (χ3v) is 3.65. The average Bonchev–Trinajstić information content (AvgIpc) is 2.46. The molecule has 0 aromatic heterocycles. The van der Waals surface area contributed by atoms with Gasteiger partial charge in [-0.1, -0.05) is 69.3 Å². The van der Waals surface area contributed by atoms with Crippen LogP contribution in [0.2, 0.25) is 0 Å². The number of aliphatic hydroxyl groups excluding tert-OH is 1. The van der Waals surface area contributed by atoms with Gasteiger partial charge in [0.15, 0.2) is 0 Å². The minimum absolute atomic E-state index is 0.522. The summed E-state index contributed by atoms with van der Waals surface area (Å²) in [5.74, 6) is 0.522. The highest BCUT2D eigenvalue weighted by Gasteiger charge is 2.13. The molecule has 0 aliphatic carbocycles. The molecule has 0 saturated carbocycles. The standard InChI is InChI=1S/C18H22O/c1-4-14-7-5-6-8-17(14)18(19)16-11-9-15(10-12-16)13(2)3/h5-13,18-19H,4H2,1-3H3. The van der Waals surface area contributed by atoms with Crippen LogP contribution >= 0.6 is 0 Å². The van der Waals surface area contributed by atoms with Crippen molar-refractivity contribution in [3.05, 3.63) is 70.8 Å². The third kappa shape index (κ3) is 3.05. The second kappa shape index (κ2) is 6.03. The molecule has 2 aromatic rings. The molecule has 0 spiro atoms.